The summed E-state index contributed by atoms with van der Waals surface area (Å²) in [5, 5.41) is 0. The van der Waals surface area contributed by atoms with Gasteiger partial charge < -0.3 is 4.90 Å². The van der Waals surface area contributed by atoms with Crippen LogP contribution in [0.5, 0.6) is 0 Å². The smallest absolute Gasteiger partial charge is 0.0173 e. The molecule has 1 aliphatic heterocycles. The molecule has 1 heterocycles. The normalized spacial score (nSPS) is 33.6. The fraction of sp³-hybridized carbons (Fsp3) is 0.368. The highest BCUT2D eigenvalue weighted by molar-refractivity contribution is 5.58. The summed E-state index contributed by atoms with van der Waals surface area (Å²) in [5.74, 6) is 1.31. The third kappa shape index (κ3) is 1.14. The molecular formula is C19H19N. The van der Waals surface area contributed by atoms with Crippen LogP contribution in [0.15, 0.2) is 48.5 Å². The highest BCUT2D eigenvalue weighted by atomic mass is 15.1. The zero-order valence-electron chi connectivity index (χ0n) is 11.8. The molecule has 1 nitrogen and oxygen atoms in total. The van der Waals surface area contributed by atoms with E-state index in [1.807, 2.05) is 0 Å². The van der Waals surface area contributed by atoms with Gasteiger partial charge in [0.1, 0.15) is 0 Å². The predicted molar refractivity (Wildman–Crippen MR) is 81.3 cm³/mol. The van der Waals surface area contributed by atoms with E-state index in [1.54, 1.807) is 22.3 Å². The fourth-order valence-corrected chi connectivity index (χ4v) is 5.28. The number of hydrogen-bond acceptors (Lipinski definition) is 1. The molecule has 1 spiro atoms. The summed E-state index contributed by atoms with van der Waals surface area (Å²) < 4.78 is 0. The maximum Gasteiger partial charge on any atom is 0.0173 e. The van der Waals surface area contributed by atoms with E-state index in [4.69, 9.17) is 0 Å². The maximum atomic E-state index is 2.53. The lowest BCUT2D eigenvalue weighted by atomic mass is 9.65. The van der Waals surface area contributed by atoms with Crippen molar-refractivity contribution >= 4 is 0 Å². The third-order valence-corrected chi connectivity index (χ3v) is 5.90. The number of hydrogen-bond donors (Lipinski definition) is 0. The second kappa shape index (κ2) is 3.53. The van der Waals surface area contributed by atoms with Gasteiger partial charge in [0, 0.05) is 30.3 Å². The van der Waals surface area contributed by atoms with E-state index < -0.39 is 0 Å². The van der Waals surface area contributed by atoms with Crippen molar-refractivity contribution in [3.05, 3.63) is 70.8 Å². The first-order valence-corrected chi connectivity index (χ1v) is 7.66. The first-order valence-electron chi connectivity index (χ1n) is 7.66. The summed E-state index contributed by atoms with van der Waals surface area (Å²) >= 11 is 0. The molecule has 0 aromatic heterocycles. The molecule has 2 aromatic rings. The standard InChI is InChI=1S/C19H19N/c1-20-11-18-14-7-3-2-6-13(14)16-10-19(18,12-20)17-9-5-4-8-15(16)17/h2-9,16,18H,10-12H2,1H3. The minimum atomic E-state index is 0.379. The molecule has 0 radical (unpaired) electrons. The number of nitrogens with zero attached hydrogens (tertiary/aromatic N) is 1. The molecule has 1 heteroatoms. The lowest BCUT2D eigenvalue weighted by Gasteiger charge is -2.37. The number of fused-ring (bicyclic) bond motifs is 3. The van der Waals surface area contributed by atoms with E-state index >= 15 is 0 Å². The average Bonchev–Trinajstić information content (AvgIpc) is 2.97. The molecule has 100 valence electrons. The first kappa shape index (κ1) is 11.1. The molecule has 3 aliphatic rings. The Labute approximate surface area is 120 Å². The van der Waals surface area contributed by atoms with Crippen LogP contribution in [-0.2, 0) is 5.41 Å². The lowest BCUT2D eigenvalue weighted by Crippen LogP contribution is -2.34. The summed E-state index contributed by atoms with van der Waals surface area (Å²) in [6.07, 6.45) is 1.32. The Morgan fingerprint density at radius 2 is 1.65 bits per heavy atom. The number of likely N-dealkylation sites (tertiary alicyclic amines) is 1. The van der Waals surface area contributed by atoms with E-state index in [0.29, 0.717) is 17.3 Å². The van der Waals surface area contributed by atoms with Crippen LogP contribution in [0.2, 0.25) is 0 Å². The van der Waals surface area contributed by atoms with Gasteiger partial charge in [-0.05, 0) is 35.7 Å². The molecule has 2 aliphatic carbocycles. The van der Waals surface area contributed by atoms with Crippen LogP contribution in [0.25, 0.3) is 0 Å². The Morgan fingerprint density at radius 1 is 0.950 bits per heavy atom. The van der Waals surface area contributed by atoms with Crippen LogP contribution in [0.1, 0.15) is 40.5 Å². The summed E-state index contributed by atoms with van der Waals surface area (Å²) in [6, 6.07) is 18.4. The van der Waals surface area contributed by atoms with Crippen molar-refractivity contribution in [2.24, 2.45) is 0 Å². The average molecular weight is 261 g/mol. The van der Waals surface area contributed by atoms with Crippen LogP contribution in [0.3, 0.4) is 0 Å². The molecule has 3 unspecified atom stereocenters. The number of benzene rings is 2. The summed E-state index contributed by atoms with van der Waals surface area (Å²) in [6.45, 7) is 2.43. The minimum absolute atomic E-state index is 0.379. The Balaban J connectivity index is 1.86. The van der Waals surface area contributed by atoms with Crippen LogP contribution in [-0.4, -0.2) is 25.0 Å². The predicted octanol–water partition coefficient (Wildman–Crippen LogP) is 3.50. The van der Waals surface area contributed by atoms with Gasteiger partial charge in [-0.2, -0.15) is 0 Å². The van der Waals surface area contributed by atoms with Crippen molar-refractivity contribution in [3.8, 4) is 0 Å². The molecule has 0 saturated carbocycles. The molecular weight excluding hydrogens is 242 g/mol. The van der Waals surface area contributed by atoms with E-state index in [-0.39, 0.29) is 0 Å². The van der Waals surface area contributed by atoms with Crippen LogP contribution in [0.4, 0.5) is 0 Å². The quantitative estimate of drug-likeness (QED) is 0.701. The SMILES string of the molecule is CN1CC2c3ccccc3C3CC2(C1)c1ccccc13. The molecule has 1 saturated heterocycles. The minimum Gasteiger partial charge on any atom is -0.305 e. The Bertz CT molecular complexity index is 693. The second-order valence-electron chi connectivity index (χ2n) is 6.88. The van der Waals surface area contributed by atoms with E-state index in [9.17, 15) is 0 Å². The summed E-state index contributed by atoms with van der Waals surface area (Å²) in [5.41, 5.74) is 6.82. The highest BCUT2D eigenvalue weighted by Gasteiger charge is 2.57. The van der Waals surface area contributed by atoms with Gasteiger partial charge in [0.2, 0.25) is 0 Å². The van der Waals surface area contributed by atoms with Crippen LogP contribution < -0.4 is 0 Å². The Kier molecular flexibility index (Phi) is 1.96. The van der Waals surface area contributed by atoms with Crippen molar-refractivity contribution in [2.75, 3.05) is 20.1 Å². The zero-order valence-corrected chi connectivity index (χ0v) is 11.8. The van der Waals surface area contributed by atoms with E-state index in [0.717, 1.165) is 0 Å². The second-order valence-corrected chi connectivity index (χ2v) is 6.88. The molecule has 3 atom stereocenters. The van der Waals surface area contributed by atoms with Crippen LogP contribution >= 0.6 is 0 Å². The molecule has 2 bridgehead atoms. The third-order valence-electron chi connectivity index (χ3n) is 5.90. The number of rotatable bonds is 0. The van der Waals surface area contributed by atoms with Crippen molar-refractivity contribution in [3.63, 3.8) is 0 Å². The van der Waals surface area contributed by atoms with Gasteiger partial charge in [0.15, 0.2) is 0 Å². The molecule has 1 fully saturated rings. The zero-order chi connectivity index (χ0) is 13.3. The Hall–Kier alpha value is -1.60. The van der Waals surface area contributed by atoms with Crippen molar-refractivity contribution in [2.45, 2.75) is 23.7 Å². The fourth-order valence-electron chi connectivity index (χ4n) is 5.28. The monoisotopic (exact) mass is 261 g/mol. The van der Waals surface area contributed by atoms with Crippen LogP contribution in [0, 0.1) is 0 Å². The van der Waals surface area contributed by atoms with Gasteiger partial charge in [-0.3, -0.25) is 0 Å². The number of likely N-dealkylation sites (N-methyl/N-ethyl adjacent to an activating group) is 1. The van der Waals surface area contributed by atoms with Gasteiger partial charge in [0.05, 0.1) is 0 Å². The van der Waals surface area contributed by atoms with Gasteiger partial charge in [-0.1, -0.05) is 48.5 Å². The topological polar surface area (TPSA) is 3.24 Å². The molecule has 2 aromatic carbocycles. The van der Waals surface area contributed by atoms with Gasteiger partial charge >= 0.3 is 0 Å². The molecule has 20 heavy (non-hydrogen) atoms. The molecule has 0 amide bonds. The summed E-state index contributed by atoms with van der Waals surface area (Å²) in [7, 11) is 2.28. The van der Waals surface area contributed by atoms with E-state index in [2.05, 4.69) is 60.5 Å². The first-order chi connectivity index (χ1) is 9.79. The van der Waals surface area contributed by atoms with Gasteiger partial charge in [-0.15, -0.1) is 0 Å². The van der Waals surface area contributed by atoms with Crippen molar-refractivity contribution in [1.29, 1.82) is 0 Å². The van der Waals surface area contributed by atoms with Crippen molar-refractivity contribution in [1.82, 2.24) is 4.90 Å². The molecule has 5 rings (SSSR count). The van der Waals surface area contributed by atoms with Gasteiger partial charge in [0.25, 0.3) is 0 Å². The maximum absolute atomic E-state index is 2.53. The van der Waals surface area contributed by atoms with Crippen molar-refractivity contribution < 1.29 is 0 Å². The van der Waals surface area contributed by atoms with E-state index in [1.165, 1.54) is 19.5 Å². The largest absolute Gasteiger partial charge is 0.305 e. The van der Waals surface area contributed by atoms with Gasteiger partial charge in [-0.25, -0.2) is 0 Å². The Morgan fingerprint density at radius 3 is 2.50 bits per heavy atom. The summed E-state index contributed by atoms with van der Waals surface area (Å²) in [4.78, 5) is 2.53. The molecule has 0 N–H and O–H groups in total. The highest BCUT2D eigenvalue weighted by Crippen LogP contribution is 2.62. The lowest BCUT2D eigenvalue weighted by molar-refractivity contribution is 0.347.